The standard InChI is InChI=1S/C26H31N3O6/c1-5-9-19-16-23(29(28-19)20-10-7-6-8-11-20)27-24(30)17-35-25(31)13-12-18-14-21(32-2)26(34-4)22(15-18)33-3/h6-8,10-11,14-16H,5,9,12-13,17H2,1-4H3,(H,27,30). The number of esters is 1. The summed E-state index contributed by atoms with van der Waals surface area (Å²) in [6.07, 6.45) is 2.20. The molecule has 0 aliphatic heterocycles. The van der Waals surface area contributed by atoms with E-state index in [1.807, 2.05) is 36.4 Å². The fourth-order valence-corrected chi connectivity index (χ4v) is 3.59. The van der Waals surface area contributed by atoms with Gasteiger partial charge >= 0.3 is 5.97 Å². The Morgan fingerprint density at radius 1 is 0.943 bits per heavy atom. The van der Waals surface area contributed by atoms with Gasteiger partial charge in [0.1, 0.15) is 5.82 Å². The Hall–Kier alpha value is -4.01. The molecule has 9 heteroatoms. The Balaban J connectivity index is 1.57. The fraction of sp³-hybridized carbons (Fsp3) is 0.346. The van der Waals surface area contributed by atoms with Gasteiger partial charge in [-0.2, -0.15) is 5.10 Å². The van der Waals surface area contributed by atoms with Crippen LogP contribution in [0.25, 0.3) is 5.69 Å². The molecule has 0 spiro atoms. The fourth-order valence-electron chi connectivity index (χ4n) is 3.59. The molecule has 0 aliphatic rings. The van der Waals surface area contributed by atoms with Crippen LogP contribution in [-0.2, 0) is 27.2 Å². The summed E-state index contributed by atoms with van der Waals surface area (Å²) < 4.78 is 22.9. The highest BCUT2D eigenvalue weighted by Gasteiger charge is 2.16. The minimum Gasteiger partial charge on any atom is -0.493 e. The van der Waals surface area contributed by atoms with Crippen LogP contribution in [-0.4, -0.2) is 49.6 Å². The summed E-state index contributed by atoms with van der Waals surface area (Å²) >= 11 is 0. The first kappa shape index (κ1) is 25.6. The van der Waals surface area contributed by atoms with Crippen LogP contribution in [0.4, 0.5) is 5.82 Å². The quantitative estimate of drug-likeness (QED) is 0.391. The highest BCUT2D eigenvalue weighted by molar-refractivity contribution is 5.92. The predicted molar refractivity (Wildman–Crippen MR) is 132 cm³/mol. The van der Waals surface area contributed by atoms with Gasteiger partial charge in [0.2, 0.25) is 5.75 Å². The Labute approximate surface area is 204 Å². The van der Waals surface area contributed by atoms with Gasteiger partial charge in [-0.05, 0) is 42.7 Å². The molecule has 1 N–H and O–H groups in total. The Morgan fingerprint density at radius 3 is 2.23 bits per heavy atom. The van der Waals surface area contributed by atoms with Crippen LogP contribution >= 0.6 is 0 Å². The van der Waals surface area contributed by atoms with E-state index in [4.69, 9.17) is 18.9 Å². The zero-order valence-corrected chi connectivity index (χ0v) is 20.5. The van der Waals surface area contributed by atoms with E-state index in [1.165, 1.54) is 21.3 Å². The van der Waals surface area contributed by atoms with E-state index in [-0.39, 0.29) is 6.42 Å². The molecule has 0 saturated heterocycles. The minimum atomic E-state index is -0.489. The molecule has 2 aromatic carbocycles. The first-order chi connectivity index (χ1) is 17.0. The summed E-state index contributed by atoms with van der Waals surface area (Å²) in [7, 11) is 4.59. The number of rotatable bonds is 12. The average molecular weight is 482 g/mol. The third kappa shape index (κ3) is 6.75. The number of aryl methyl sites for hydroxylation is 2. The van der Waals surface area contributed by atoms with Crippen molar-refractivity contribution in [2.75, 3.05) is 33.3 Å². The third-order valence-electron chi connectivity index (χ3n) is 5.24. The second kappa shape index (κ2) is 12.5. The Morgan fingerprint density at radius 2 is 1.63 bits per heavy atom. The average Bonchev–Trinajstić information content (AvgIpc) is 3.28. The molecule has 0 fully saturated rings. The first-order valence-corrected chi connectivity index (χ1v) is 11.4. The maximum atomic E-state index is 12.5. The highest BCUT2D eigenvalue weighted by atomic mass is 16.5. The monoisotopic (exact) mass is 481 g/mol. The number of amides is 1. The lowest BCUT2D eigenvalue weighted by Gasteiger charge is -2.14. The second-order valence-electron chi connectivity index (χ2n) is 7.76. The van der Waals surface area contributed by atoms with Crippen LogP contribution in [0.2, 0.25) is 0 Å². The number of para-hydroxylation sites is 1. The molecule has 0 bridgehead atoms. The van der Waals surface area contributed by atoms with Crippen molar-refractivity contribution in [1.82, 2.24) is 9.78 Å². The zero-order chi connectivity index (χ0) is 25.2. The van der Waals surface area contributed by atoms with Crippen molar-refractivity contribution in [2.24, 2.45) is 0 Å². The number of hydrogen-bond donors (Lipinski definition) is 1. The molecule has 0 aliphatic carbocycles. The van der Waals surface area contributed by atoms with Gasteiger partial charge in [0.25, 0.3) is 5.91 Å². The van der Waals surface area contributed by atoms with Crippen LogP contribution in [0.5, 0.6) is 17.2 Å². The van der Waals surface area contributed by atoms with Crippen molar-refractivity contribution in [3.63, 3.8) is 0 Å². The number of carbonyl (C=O) groups is 2. The molecule has 0 unspecified atom stereocenters. The van der Waals surface area contributed by atoms with Gasteiger partial charge in [0.15, 0.2) is 18.1 Å². The summed E-state index contributed by atoms with van der Waals surface area (Å²) in [5, 5.41) is 7.38. The number of ether oxygens (including phenoxy) is 4. The number of anilines is 1. The lowest BCUT2D eigenvalue weighted by atomic mass is 10.1. The molecular weight excluding hydrogens is 450 g/mol. The number of carbonyl (C=O) groups excluding carboxylic acids is 2. The first-order valence-electron chi connectivity index (χ1n) is 11.4. The molecule has 35 heavy (non-hydrogen) atoms. The van der Waals surface area contributed by atoms with Crippen LogP contribution in [0.15, 0.2) is 48.5 Å². The smallest absolute Gasteiger partial charge is 0.306 e. The van der Waals surface area contributed by atoms with Crippen LogP contribution in [0.1, 0.15) is 31.0 Å². The van der Waals surface area contributed by atoms with E-state index in [1.54, 1.807) is 16.8 Å². The Kier molecular flexibility index (Phi) is 9.11. The number of hydrogen-bond acceptors (Lipinski definition) is 7. The molecule has 0 atom stereocenters. The van der Waals surface area contributed by atoms with Crippen molar-refractivity contribution in [2.45, 2.75) is 32.6 Å². The Bertz CT molecular complexity index is 1120. The number of benzene rings is 2. The van der Waals surface area contributed by atoms with E-state index in [9.17, 15) is 9.59 Å². The number of nitrogens with zero attached hydrogens (tertiary/aromatic N) is 2. The van der Waals surface area contributed by atoms with Crippen LogP contribution in [0.3, 0.4) is 0 Å². The maximum Gasteiger partial charge on any atom is 0.306 e. The van der Waals surface area contributed by atoms with Crippen molar-refractivity contribution < 1.29 is 28.5 Å². The van der Waals surface area contributed by atoms with Crippen molar-refractivity contribution in [1.29, 1.82) is 0 Å². The molecule has 3 rings (SSSR count). The number of aromatic nitrogens is 2. The molecule has 1 heterocycles. The predicted octanol–water partition coefficient (Wildman–Crippen LogP) is 3.97. The van der Waals surface area contributed by atoms with Gasteiger partial charge in [0.05, 0.1) is 32.7 Å². The van der Waals surface area contributed by atoms with E-state index < -0.39 is 18.5 Å². The van der Waals surface area contributed by atoms with Crippen molar-refractivity contribution >= 4 is 17.7 Å². The summed E-state index contributed by atoms with van der Waals surface area (Å²) in [6.45, 7) is 1.68. The van der Waals surface area contributed by atoms with Gasteiger partial charge in [-0.15, -0.1) is 0 Å². The topological polar surface area (TPSA) is 101 Å². The number of nitrogens with one attached hydrogen (secondary N) is 1. The van der Waals surface area contributed by atoms with Gasteiger partial charge < -0.3 is 24.3 Å². The third-order valence-corrected chi connectivity index (χ3v) is 5.24. The summed E-state index contributed by atoms with van der Waals surface area (Å²) in [6, 6.07) is 14.9. The minimum absolute atomic E-state index is 0.0918. The van der Waals surface area contributed by atoms with E-state index in [0.717, 1.165) is 29.8 Å². The molecular formula is C26H31N3O6. The van der Waals surface area contributed by atoms with Crippen molar-refractivity contribution in [3.8, 4) is 22.9 Å². The molecule has 0 radical (unpaired) electrons. The molecule has 1 amide bonds. The molecule has 0 saturated carbocycles. The summed E-state index contributed by atoms with van der Waals surface area (Å²) in [5.74, 6) is 1.09. The van der Waals surface area contributed by atoms with Gasteiger partial charge in [-0.1, -0.05) is 31.5 Å². The normalized spacial score (nSPS) is 10.5. The zero-order valence-electron chi connectivity index (χ0n) is 20.5. The molecule has 3 aromatic rings. The SMILES string of the molecule is CCCc1cc(NC(=O)COC(=O)CCc2cc(OC)c(OC)c(OC)c2)n(-c2ccccc2)n1. The van der Waals surface area contributed by atoms with E-state index in [2.05, 4.69) is 17.3 Å². The number of methoxy groups -OCH3 is 3. The molecule has 1 aromatic heterocycles. The van der Waals surface area contributed by atoms with Gasteiger partial charge in [-0.3, -0.25) is 9.59 Å². The van der Waals surface area contributed by atoms with Gasteiger partial charge in [-0.25, -0.2) is 4.68 Å². The van der Waals surface area contributed by atoms with Crippen LogP contribution < -0.4 is 19.5 Å². The van der Waals surface area contributed by atoms with Crippen molar-refractivity contribution in [3.05, 3.63) is 59.8 Å². The van der Waals surface area contributed by atoms with Crippen LogP contribution in [0, 0.1) is 0 Å². The van der Waals surface area contributed by atoms with E-state index >= 15 is 0 Å². The van der Waals surface area contributed by atoms with E-state index in [0.29, 0.717) is 29.5 Å². The lowest BCUT2D eigenvalue weighted by molar-refractivity contribution is -0.147. The highest BCUT2D eigenvalue weighted by Crippen LogP contribution is 2.38. The molecule has 9 nitrogen and oxygen atoms in total. The summed E-state index contributed by atoms with van der Waals surface area (Å²) in [5.41, 5.74) is 2.51. The second-order valence-corrected chi connectivity index (χ2v) is 7.76. The largest absolute Gasteiger partial charge is 0.493 e. The summed E-state index contributed by atoms with van der Waals surface area (Å²) in [4.78, 5) is 24.8. The lowest BCUT2D eigenvalue weighted by Crippen LogP contribution is -2.22. The maximum absolute atomic E-state index is 12.5. The molecule has 186 valence electrons. The van der Waals surface area contributed by atoms with Gasteiger partial charge in [0, 0.05) is 12.5 Å².